The molecule has 0 aromatic carbocycles. The van der Waals surface area contributed by atoms with Gasteiger partial charge in [0.2, 0.25) is 0 Å². The van der Waals surface area contributed by atoms with Gasteiger partial charge in [-0.1, -0.05) is 28.1 Å². The monoisotopic (exact) mass is 206 g/mol. The molecule has 0 saturated heterocycles. The average Bonchev–Trinajstić information content (AvgIpc) is 1.89. The van der Waals surface area contributed by atoms with Crippen LogP contribution in [-0.4, -0.2) is 17.4 Å². The Hall–Kier alpha value is -0.310. The number of rotatable bonds is 3. The summed E-state index contributed by atoms with van der Waals surface area (Å²) >= 11 is 3.14. The molecule has 3 heteroatoms. The fraction of sp³-hybridized carbons (Fsp3) is 0.571. The second-order valence-electron chi connectivity index (χ2n) is 1.68. The van der Waals surface area contributed by atoms with Crippen LogP contribution in [0.15, 0.2) is 12.2 Å². The SMILES string of the molecule is CC=CC(Br)C(=O)OCC. The summed E-state index contributed by atoms with van der Waals surface area (Å²) in [5, 5.41) is 0. The van der Waals surface area contributed by atoms with Crippen molar-refractivity contribution >= 4 is 21.9 Å². The molecule has 58 valence electrons. The molecule has 0 aromatic heterocycles. The molecule has 0 radical (unpaired) electrons. The van der Waals surface area contributed by atoms with E-state index in [1.807, 2.05) is 6.92 Å². The Morgan fingerprint density at radius 3 is 2.80 bits per heavy atom. The van der Waals surface area contributed by atoms with Gasteiger partial charge in [0.1, 0.15) is 4.83 Å². The molecule has 0 saturated carbocycles. The van der Waals surface area contributed by atoms with Crippen LogP contribution in [0, 0.1) is 0 Å². The van der Waals surface area contributed by atoms with Gasteiger partial charge in [0.05, 0.1) is 6.61 Å². The van der Waals surface area contributed by atoms with Crippen LogP contribution in [0.4, 0.5) is 0 Å². The quantitative estimate of drug-likeness (QED) is 0.401. The third-order valence-corrected chi connectivity index (χ3v) is 1.55. The lowest BCUT2D eigenvalue weighted by atomic mass is 10.4. The van der Waals surface area contributed by atoms with Crippen molar-refractivity contribution in [3.63, 3.8) is 0 Å². The molecule has 0 spiro atoms. The van der Waals surface area contributed by atoms with Gasteiger partial charge in [-0.05, 0) is 13.8 Å². The highest BCUT2D eigenvalue weighted by molar-refractivity contribution is 9.10. The molecule has 0 amide bonds. The van der Waals surface area contributed by atoms with E-state index in [0.29, 0.717) is 6.61 Å². The Labute approximate surface area is 69.4 Å². The maximum Gasteiger partial charge on any atom is 0.323 e. The Morgan fingerprint density at radius 1 is 1.80 bits per heavy atom. The van der Waals surface area contributed by atoms with Crippen LogP contribution in [0.25, 0.3) is 0 Å². The highest BCUT2D eigenvalue weighted by Gasteiger charge is 2.10. The van der Waals surface area contributed by atoms with Crippen molar-refractivity contribution in [2.75, 3.05) is 6.61 Å². The van der Waals surface area contributed by atoms with E-state index in [-0.39, 0.29) is 10.8 Å². The number of halogens is 1. The molecule has 0 aromatic rings. The minimum absolute atomic E-state index is 0.236. The number of carbonyl (C=O) groups is 1. The molecular formula is C7H11BrO2. The molecule has 0 heterocycles. The molecule has 0 aliphatic carbocycles. The number of alkyl halides is 1. The first-order valence-electron chi connectivity index (χ1n) is 3.15. The van der Waals surface area contributed by atoms with Crippen LogP contribution in [0.5, 0.6) is 0 Å². The van der Waals surface area contributed by atoms with Crippen molar-refractivity contribution in [3.8, 4) is 0 Å². The number of hydrogen-bond donors (Lipinski definition) is 0. The molecule has 0 aliphatic heterocycles. The largest absolute Gasteiger partial charge is 0.465 e. The first-order valence-corrected chi connectivity index (χ1v) is 4.07. The summed E-state index contributed by atoms with van der Waals surface area (Å²) in [6.07, 6.45) is 3.54. The third kappa shape index (κ3) is 3.67. The second-order valence-corrected chi connectivity index (χ2v) is 2.67. The summed E-state index contributed by atoms with van der Waals surface area (Å²) in [6.45, 7) is 4.07. The van der Waals surface area contributed by atoms with E-state index in [4.69, 9.17) is 4.74 Å². The Balaban J connectivity index is 3.70. The maximum absolute atomic E-state index is 10.8. The maximum atomic E-state index is 10.8. The summed E-state index contributed by atoms with van der Waals surface area (Å²) in [5.41, 5.74) is 0. The van der Waals surface area contributed by atoms with Crippen LogP contribution in [0.2, 0.25) is 0 Å². The predicted molar refractivity (Wildman–Crippen MR) is 44.2 cm³/mol. The molecule has 10 heavy (non-hydrogen) atoms. The van der Waals surface area contributed by atoms with Crippen LogP contribution >= 0.6 is 15.9 Å². The lowest BCUT2D eigenvalue weighted by Crippen LogP contribution is -2.14. The third-order valence-electron chi connectivity index (χ3n) is 0.873. The molecule has 2 nitrogen and oxygen atoms in total. The van der Waals surface area contributed by atoms with Gasteiger partial charge in [0.15, 0.2) is 0 Å². The van der Waals surface area contributed by atoms with Crippen LogP contribution < -0.4 is 0 Å². The summed E-state index contributed by atoms with van der Waals surface area (Å²) in [7, 11) is 0. The number of ether oxygens (including phenoxy) is 1. The van der Waals surface area contributed by atoms with E-state index in [2.05, 4.69) is 15.9 Å². The molecule has 0 fully saturated rings. The molecule has 0 aliphatic rings. The highest BCUT2D eigenvalue weighted by Crippen LogP contribution is 2.03. The second kappa shape index (κ2) is 5.47. The first-order chi connectivity index (χ1) is 4.72. The molecule has 1 atom stereocenters. The zero-order chi connectivity index (χ0) is 7.98. The summed E-state index contributed by atoms with van der Waals surface area (Å²) in [6, 6.07) is 0. The van der Waals surface area contributed by atoms with Gasteiger partial charge in [0, 0.05) is 0 Å². The van der Waals surface area contributed by atoms with E-state index in [1.165, 1.54) is 0 Å². The zero-order valence-corrected chi connectivity index (χ0v) is 7.72. The van der Waals surface area contributed by atoms with Crippen LogP contribution in [0.3, 0.4) is 0 Å². The van der Waals surface area contributed by atoms with E-state index in [0.717, 1.165) is 0 Å². The smallest absolute Gasteiger partial charge is 0.323 e. The number of esters is 1. The Morgan fingerprint density at radius 2 is 2.40 bits per heavy atom. The fourth-order valence-corrected chi connectivity index (χ4v) is 0.907. The number of hydrogen-bond acceptors (Lipinski definition) is 2. The molecule has 1 unspecified atom stereocenters. The van der Waals surface area contributed by atoms with Crippen molar-refractivity contribution in [1.29, 1.82) is 0 Å². The normalized spacial score (nSPS) is 13.5. The fourth-order valence-electron chi connectivity index (χ4n) is 0.469. The van der Waals surface area contributed by atoms with Gasteiger partial charge in [-0.25, -0.2) is 0 Å². The van der Waals surface area contributed by atoms with Crippen molar-refractivity contribution in [3.05, 3.63) is 12.2 Å². The topological polar surface area (TPSA) is 26.3 Å². The van der Waals surface area contributed by atoms with Crippen molar-refractivity contribution in [2.45, 2.75) is 18.7 Å². The molecular weight excluding hydrogens is 196 g/mol. The van der Waals surface area contributed by atoms with Gasteiger partial charge in [-0.2, -0.15) is 0 Å². The van der Waals surface area contributed by atoms with E-state index < -0.39 is 0 Å². The predicted octanol–water partition coefficient (Wildman–Crippen LogP) is 1.89. The minimum atomic E-state index is -0.294. The molecule has 0 rings (SSSR count). The lowest BCUT2D eigenvalue weighted by molar-refractivity contribution is -0.141. The first kappa shape index (κ1) is 9.69. The van der Waals surface area contributed by atoms with E-state index in [1.54, 1.807) is 19.1 Å². The van der Waals surface area contributed by atoms with Crippen molar-refractivity contribution in [1.82, 2.24) is 0 Å². The highest BCUT2D eigenvalue weighted by atomic mass is 79.9. The summed E-state index contributed by atoms with van der Waals surface area (Å²) in [5.74, 6) is -0.236. The van der Waals surface area contributed by atoms with Gasteiger partial charge in [0.25, 0.3) is 0 Å². The van der Waals surface area contributed by atoms with Gasteiger partial charge >= 0.3 is 5.97 Å². The van der Waals surface area contributed by atoms with E-state index in [9.17, 15) is 4.79 Å². The molecule has 0 N–H and O–H groups in total. The van der Waals surface area contributed by atoms with Crippen molar-refractivity contribution in [2.24, 2.45) is 0 Å². The van der Waals surface area contributed by atoms with Gasteiger partial charge < -0.3 is 4.74 Å². The Bertz CT molecular complexity index is 132. The summed E-state index contributed by atoms with van der Waals surface area (Å²) in [4.78, 5) is 10.5. The van der Waals surface area contributed by atoms with Gasteiger partial charge in [-0.3, -0.25) is 4.79 Å². The number of carbonyl (C=O) groups excluding carboxylic acids is 1. The Kier molecular flexibility index (Phi) is 5.30. The van der Waals surface area contributed by atoms with Crippen molar-refractivity contribution < 1.29 is 9.53 Å². The molecule has 0 bridgehead atoms. The number of allylic oxidation sites excluding steroid dienone is 1. The average molecular weight is 207 g/mol. The lowest BCUT2D eigenvalue weighted by Gasteiger charge is -2.02. The van der Waals surface area contributed by atoms with Crippen LogP contribution in [0.1, 0.15) is 13.8 Å². The minimum Gasteiger partial charge on any atom is -0.465 e. The standard InChI is InChI=1S/C7H11BrO2/c1-3-5-6(8)7(9)10-4-2/h3,5-6H,4H2,1-2H3. The summed E-state index contributed by atoms with van der Waals surface area (Å²) < 4.78 is 4.72. The van der Waals surface area contributed by atoms with E-state index >= 15 is 0 Å². The van der Waals surface area contributed by atoms with Gasteiger partial charge in [-0.15, -0.1) is 0 Å². The van der Waals surface area contributed by atoms with Crippen LogP contribution in [-0.2, 0) is 9.53 Å². The zero-order valence-electron chi connectivity index (χ0n) is 6.13.